The molecule has 0 aromatic carbocycles. The molecule has 2 nitrogen and oxygen atoms in total. The number of aromatic nitrogens is 1. The summed E-state index contributed by atoms with van der Waals surface area (Å²) >= 11 is 0. The Morgan fingerprint density at radius 2 is 2.36 bits per heavy atom. The van der Waals surface area contributed by atoms with Crippen molar-refractivity contribution in [3.05, 3.63) is 30.1 Å². The topological polar surface area (TPSA) is 27.7 Å². The molecular formula is C8H9BrN2. The molecule has 0 fully saturated rings. The molecule has 0 atom stereocenters. The summed E-state index contributed by atoms with van der Waals surface area (Å²) < 4.78 is 1.97. The molecule has 1 rings (SSSR count). The van der Waals surface area contributed by atoms with E-state index in [1.54, 1.807) is 6.07 Å². The van der Waals surface area contributed by atoms with E-state index >= 15 is 0 Å². The summed E-state index contributed by atoms with van der Waals surface area (Å²) in [4.78, 5) is 0. The van der Waals surface area contributed by atoms with E-state index in [1.165, 1.54) is 0 Å². The summed E-state index contributed by atoms with van der Waals surface area (Å²) in [6, 6.07) is 5.76. The molecule has 1 aromatic rings. The first-order valence-electron chi connectivity index (χ1n) is 3.26. The third-order valence-electron chi connectivity index (χ3n) is 1.35. The lowest BCUT2D eigenvalue weighted by molar-refractivity contribution is -0.693. The van der Waals surface area contributed by atoms with Crippen LogP contribution in [0.15, 0.2) is 24.5 Å². The fourth-order valence-corrected chi connectivity index (χ4v) is 0.785. The highest BCUT2D eigenvalue weighted by Crippen LogP contribution is 1.89. The molecule has 1 aromatic heterocycles. The van der Waals surface area contributed by atoms with Gasteiger partial charge in [-0.15, -0.1) is 0 Å². The van der Waals surface area contributed by atoms with Gasteiger partial charge >= 0.3 is 0 Å². The van der Waals surface area contributed by atoms with Crippen LogP contribution in [0.2, 0.25) is 0 Å². The van der Waals surface area contributed by atoms with Crippen LogP contribution < -0.4 is 21.5 Å². The Balaban J connectivity index is 0.000001000. The van der Waals surface area contributed by atoms with Crippen molar-refractivity contribution in [1.82, 2.24) is 0 Å². The minimum Gasteiger partial charge on any atom is -1.00 e. The Morgan fingerprint density at radius 1 is 1.64 bits per heavy atom. The first kappa shape index (κ1) is 10.1. The Kier molecular flexibility index (Phi) is 4.47. The van der Waals surface area contributed by atoms with Crippen molar-refractivity contribution in [2.24, 2.45) is 0 Å². The van der Waals surface area contributed by atoms with Gasteiger partial charge in [-0.25, -0.2) is 4.57 Å². The lowest BCUT2D eigenvalue weighted by Gasteiger charge is -1.88. The maximum Gasteiger partial charge on any atom is 0.186 e. The lowest BCUT2D eigenvalue weighted by atomic mass is 10.3. The minimum atomic E-state index is 0. The van der Waals surface area contributed by atoms with Crippen LogP contribution in [0.4, 0.5) is 0 Å². The molecule has 0 radical (unpaired) electrons. The van der Waals surface area contributed by atoms with Gasteiger partial charge in [-0.1, -0.05) is 0 Å². The standard InChI is InChI=1S/C8H9N2.BrH/c1-2-10-5-3-4-8(6-9)7-10;/h3-5,7H,2H2,1H3;1H/q+1;/p-1. The highest BCUT2D eigenvalue weighted by molar-refractivity contribution is 5.21. The van der Waals surface area contributed by atoms with Crippen molar-refractivity contribution in [2.75, 3.05) is 0 Å². The van der Waals surface area contributed by atoms with Crippen LogP contribution >= 0.6 is 0 Å². The molecule has 0 aliphatic rings. The molecular weight excluding hydrogens is 204 g/mol. The fourth-order valence-electron chi connectivity index (χ4n) is 0.785. The molecule has 0 saturated carbocycles. The number of rotatable bonds is 1. The molecule has 0 unspecified atom stereocenters. The van der Waals surface area contributed by atoms with E-state index in [2.05, 4.69) is 6.07 Å². The van der Waals surface area contributed by atoms with E-state index in [0.29, 0.717) is 5.56 Å². The Morgan fingerprint density at radius 3 is 2.91 bits per heavy atom. The molecule has 0 N–H and O–H groups in total. The van der Waals surface area contributed by atoms with E-state index in [0.717, 1.165) is 6.54 Å². The van der Waals surface area contributed by atoms with Gasteiger partial charge in [0.1, 0.15) is 18.2 Å². The largest absolute Gasteiger partial charge is 1.00 e. The second-order valence-electron chi connectivity index (χ2n) is 2.03. The predicted molar refractivity (Wildman–Crippen MR) is 37.0 cm³/mol. The van der Waals surface area contributed by atoms with Crippen molar-refractivity contribution in [1.29, 1.82) is 5.26 Å². The predicted octanol–water partition coefficient (Wildman–Crippen LogP) is -2.13. The number of nitrogens with zero attached hydrogens (tertiary/aromatic N) is 2. The molecule has 0 saturated heterocycles. The summed E-state index contributed by atoms with van der Waals surface area (Å²) in [5.74, 6) is 0. The van der Waals surface area contributed by atoms with E-state index in [1.807, 2.05) is 30.0 Å². The van der Waals surface area contributed by atoms with Crippen LogP contribution in [0.5, 0.6) is 0 Å². The minimum absolute atomic E-state index is 0. The summed E-state index contributed by atoms with van der Waals surface area (Å²) in [5.41, 5.74) is 0.712. The number of aryl methyl sites for hydroxylation is 1. The van der Waals surface area contributed by atoms with Gasteiger partial charge in [-0.05, 0) is 13.0 Å². The molecule has 0 aliphatic heterocycles. The maximum atomic E-state index is 8.49. The Bertz CT molecular complexity index is 265. The smallest absolute Gasteiger partial charge is 0.186 e. The van der Waals surface area contributed by atoms with E-state index < -0.39 is 0 Å². The SMILES string of the molecule is CC[n+]1cccc(C#N)c1.[Br-]. The van der Waals surface area contributed by atoms with E-state index in [9.17, 15) is 0 Å². The van der Waals surface area contributed by atoms with Crippen LogP contribution in [-0.2, 0) is 6.54 Å². The third-order valence-corrected chi connectivity index (χ3v) is 1.35. The van der Waals surface area contributed by atoms with Gasteiger partial charge in [-0.3, -0.25) is 0 Å². The zero-order valence-corrected chi connectivity index (χ0v) is 7.87. The fraction of sp³-hybridized carbons (Fsp3) is 0.250. The first-order valence-corrected chi connectivity index (χ1v) is 3.26. The molecule has 0 amide bonds. The van der Waals surface area contributed by atoms with Crippen LogP contribution in [0, 0.1) is 11.3 Å². The van der Waals surface area contributed by atoms with Crippen LogP contribution in [0.1, 0.15) is 12.5 Å². The Labute approximate surface area is 76.9 Å². The molecule has 1 heterocycles. The highest BCUT2D eigenvalue weighted by Gasteiger charge is 1.96. The average molecular weight is 213 g/mol. The maximum absolute atomic E-state index is 8.49. The lowest BCUT2D eigenvalue weighted by Crippen LogP contribution is -3.00. The first-order chi connectivity index (χ1) is 4.86. The van der Waals surface area contributed by atoms with Crippen molar-refractivity contribution in [3.63, 3.8) is 0 Å². The van der Waals surface area contributed by atoms with Crippen LogP contribution in [0.25, 0.3) is 0 Å². The summed E-state index contributed by atoms with van der Waals surface area (Å²) in [6.45, 7) is 2.96. The second kappa shape index (κ2) is 4.86. The second-order valence-corrected chi connectivity index (χ2v) is 2.03. The Hall–Kier alpha value is -0.880. The van der Waals surface area contributed by atoms with E-state index in [-0.39, 0.29) is 17.0 Å². The zero-order valence-electron chi connectivity index (χ0n) is 6.29. The molecule has 11 heavy (non-hydrogen) atoms. The summed E-state index contributed by atoms with van der Waals surface area (Å²) in [7, 11) is 0. The van der Waals surface area contributed by atoms with Gasteiger partial charge < -0.3 is 17.0 Å². The summed E-state index contributed by atoms with van der Waals surface area (Å²) in [5, 5.41) is 8.49. The number of halogens is 1. The van der Waals surface area contributed by atoms with Crippen molar-refractivity contribution in [2.45, 2.75) is 13.5 Å². The zero-order chi connectivity index (χ0) is 7.40. The normalized spacial score (nSPS) is 8.00. The average Bonchev–Trinajstić information content (AvgIpc) is 2.05. The van der Waals surface area contributed by atoms with Crippen molar-refractivity contribution in [3.8, 4) is 6.07 Å². The monoisotopic (exact) mass is 212 g/mol. The van der Waals surface area contributed by atoms with Crippen LogP contribution in [0.3, 0.4) is 0 Å². The van der Waals surface area contributed by atoms with E-state index in [4.69, 9.17) is 5.26 Å². The molecule has 0 spiro atoms. The van der Waals surface area contributed by atoms with Gasteiger partial charge in [0, 0.05) is 6.07 Å². The van der Waals surface area contributed by atoms with Gasteiger partial charge in [-0.2, -0.15) is 5.26 Å². The van der Waals surface area contributed by atoms with Gasteiger partial charge in [0.25, 0.3) is 0 Å². The quantitative estimate of drug-likeness (QED) is 0.490. The van der Waals surface area contributed by atoms with Crippen molar-refractivity contribution >= 4 is 0 Å². The highest BCUT2D eigenvalue weighted by atomic mass is 79.9. The molecule has 0 aliphatic carbocycles. The summed E-state index contributed by atoms with van der Waals surface area (Å²) in [6.07, 6.45) is 3.78. The van der Waals surface area contributed by atoms with Gasteiger partial charge in [0.2, 0.25) is 0 Å². The number of hydrogen-bond donors (Lipinski definition) is 0. The number of hydrogen-bond acceptors (Lipinski definition) is 1. The van der Waals surface area contributed by atoms with Gasteiger partial charge in [0.15, 0.2) is 12.4 Å². The number of nitriles is 1. The molecule has 3 heteroatoms. The van der Waals surface area contributed by atoms with Gasteiger partial charge in [0.05, 0.1) is 0 Å². The van der Waals surface area contributed by atoms with Crippen molar-refractivity contribution < 1.29 is 21.5 Å². The van der Waals surface area contributed by atoms with Crippen LogP contribution in [-0.4, -0.2) is 0 Å². The number of pyridine rings is 1. The molecule has 58 valence electrons. The third kappa shape index (κ3) is 2.69. The molecule has 0 bridgehead atoms.